The van der Waals surface area contributed by atoms with Crippen molar-refractivity contribution in [2.75, 3.05) is 41.7 Å². The molecule has 1 aromatic carbocycles. The van der Waals surface area contributed by atoms with Crippen LogP contribution in [0.1, 0.15) is 47.3 Å². The Morgan fingerprint density at radius 1 is 1.03 bits per heavy atom. The molecule has 0 amide bonds. The maximum Gasteiger partial charge on any atom is 0.342 e. The molecule has 0 radical (unpaired) electrons. The number of ketones is 1. The number of rotatable bonds is 5. The fourth-order valence-electron chi connectivity index (χ4n) is 5.53. The Kier molecular flexibility index (Phi) is 5.23. The molecular formula is C24H27NO8. The predicted octanol–water partition coefficient (Wildman–Crippen LogP) is 2.68. The Hall–Kier alpha value is -3.20. The standard InChI is InChI=1S/C24H27NO8/c1-11(26)15-12-8-9-25(2)18(16(12)21(30-5)23-22(15)31-10-32-23)19-13-6-7-14(28-3)20(29-4)17(13)24(27)33-19/h18-19H,6-10H2,1-5H3. The Morgan fingerprint density at radius 2 is 1.79 bits per heavy atom. The maximum atomic E-state index is 13.0. The molecule has 3 heterocycles. The number of methoxy groups -OCH3 is 3. The first-order valence-corrected chi connectivity index (χ1v) is 10.9. The van der Waals surface area contributed by atoms with Gasteiger partial charge in [-0.15, -0.1) is 0 Å². The molecule has 2 unspecified atom stereocenters. The molecule has 176 valence electrons. The van der Waals surface area contributed by atoms with Crippen molar-refractivity contribution in [1.82, 2.24) is 4.90 Å². The summed E-state index contributed by atoms with van der Waals surface area (Å²) in [6.45, 7) is 2.22. The van der Waals surface area contributed by atoms with E-state index in [0.717, 1.165) is 16.7 Å². The Labute approximate surface area is 191 Å². The van der Waals surface area contributed by atoms with E-state index in [0.29, 0.717) is 65.7 Å². The van der Waals surface area contributed by atoms with E-state index < -0.39 is 12.1 Å². The summed E-state index contributed by atoms with van der Waals surface area (Å²) in [6, 6.07) is -0.366. The number of fused-ring (bicyclic) bond motifs is 2. The highest BCUT2D eigenvalue weighted by molar-refractivity contribution is 6.01. The van der Waals surface area contributed by atoms with Gasteiger partial charge in [-0.25, -0.2) is 4.79 Å². The number of ether oxygens (including phenoxy) is 6. The van der Waals surface area contributed by atoms with E-state index in [1.54, 1.807) is 14.2 Å². The number of hydrogen-bond donors (Lipinski definition) is 0. The maximum absolute atomic E-state index is 13.0. The first kappa shape index (κ1) is 21.6. The van der Waals surface area contributed by atoms with E-state index in [9.17, 15) is 9.59 Å². The van der Waals surface area contributed by atoms with Crippen LogP contribution in [0.3, 0.4) is 0 Å². The molecule has 1 aliphatic carbocycles. The quantitative estimate of drug-likeness (QED) is 0.489. The normalized spacial score (nSPS) is 23.8. The van der Waals surface area contributed by atoms with Crippen molar-refractivity contribution in [3.63, 3.8) is 0 Å². The summed E-state index contributed by atoms with van der Waals surface area (Å²) in [5, 5.41) is 0. The van der Waals surface area contributed by atoms with Crippen LogP contribution in [-0.2, 0) is 25.4 Å². The molecule has 0 saturated carbocycles. The molecule has 9 nitrogen and oxygen atoms in total. The van der Waals surface area contributed by atoms with Crippen molar-refractivity contribution >= 4 is 11.8 Å². The summed E-state index contributed by atoms with van der Waals surface area (Å²) in [7, 11) is 6.64. The number of benzene rings is 1. The molecule has 0 aromatic heterocycles. The number of likely N-dealkylation sites (N-methyl/N-ethyl adjacent to an activating group) is 1. The van der Waals surface area contributed by atoms with E-state index in [1.165, 1.54) is 14.0 Å². The number of nitrogens with zero attached hydrogens (tertiary/aromatic N) is 1. The lowest BCUT2D eigenvalue weighted by molar-refractivity contribution is -0.142. The van der Waals surface area contributed by atoms with Gasteiger partial charge >= 0.3 is 5.97 Å². The monoisotopic (exact) mass is 457 g/mol. The lowest BCUT2D eigenvalue weighted by Gasteiger charge is -2.40. The van der Waals surface area contributed by atoms with Gasteiger partial charge in [0.2, 0.25) is 12.5 Å². The second kappa shape index (κ2) is 7.98. The zero-order valence-electron chi connectivity index (χ0n) is 19.4. The van der Waals surface area contributed by atoms with Gasteiger partial charge in [-0.05, 0) is 37.9 Å². The second-order valence-corrected chi connectivity index (χ2v) is 8.48. The van der Waals surface area contributed by atoms with E-state index in [1.807, 2.05) is 7.05 Å². The van der Waals surface area contributed by atoms with Crippen molar-refractivity contribution < 1.29 is 38.0 Å². The number of Topliss-reactive ketones (excluding diaryl/α,β-unsaturated/α-hetero) is 1. The SMILES string of the molecule is COC1=C(OC)C2=C(CC1)C(C1c3c(c(C(C)=O)c4c(c3OC)OCO4)CCN1C)OC2=O. The molecule has 9 heteroatoms. The van der Waals surface area contributed by atoms with Crippen molar-refractivity contribution in [3.8, 4) is 17.2 Å². The second-order valence-electron chi connectivity index (χ2n) is 8.48. The van der Waals surface area contributed by atoms with E-state index in [2.05, 4.69) is 4.90 Å². The molecule has 0 N–H and O–H groups in total. The third-order valence-electron chi connectivity index (χ3n) is 6.90. The lowest BCUT2D eigenvalue weighted by Crippen LogP contribution is -2.41. The molecule has 4 aliphatic rings. The highest BCUT2D eigenvalue weighted by Gasteiger charge is 2.49. The highest BCUT2D eigenvalue weighted by Crippen LogP contribution is 2.55. The summed E-state index contributed by atoms with van der Waals surface area (Å²) in [4.78, 5) is 27.9. The minimum Gasteiger partial charge on any atom is -0.497 e. The number of carbonyl (C=O) groups is 2. The van der Waals surface area contributed by atoms with Gasteiger partial charge in [0, 0.05) is 18.5 Å². The summed E-state index contributed by atoms with van der Waals surface area (Å²) in [5.41, 5.74) is 3.46. The molecule has 0 spiro atoms. The van der Waals surface area contributed by atoms with Gasteiger partial charge in [-0.2, -0.15) is 0 Å². The first-order valence-electron chi connectivity index (χ1n) is 10.9. The third-order valence-corrected chi connectivity index (χ3v) is 6.90. The van der Waals surface area contributed by atoms with Gasteiger partial charge in [0.25, 0.3) is 0 Å². The predicted molar refractivity (Wildman–Crippen MR) is 115 cm³/mol. The molecule has 0 saturated heterocycles. The van der Waals surface area contributed by atoms with Crippen LogP contribution in [-0.4, -0.2) is 64.5 Å². The van der Waals surface area contributed by atoms with Crippen LogP contribution in [0, 0.1) is 0 Å². The summed E-state index contributed by atoms with van der Waals surface area (Å²) in [5.74, 6) is 1.88. The molecule has 3 aliphatic heterocycles. The molecule has 0 fully saturated rings. The van der Waals surface area contributed by atoms with Crippen LogP contribution in [0.15, 0.2) is 22.7 Å². The van der Waals surface area contributed by atoms with Crippen LogP contribution >= 0.6 is 0 Å². The molecular weight excluding hydrogens is 430 g/mol. The first-order chi connectivity index (χ1) is 15.9. The minimum absolute atomic E-state index is 0.0187. The largest absolute Gasteiger partial charge is 0.497 e. The van der Waals surface area contributed by atoms with Crippen LogP contribution in [0.4, 0.5) is 0 Å². The topological polar surface area (TPSA) is 92.8 Å². The summed E-state index contributed by atoms with van der Waals surface area (Å²) in [6.07, 6.45) is 1.28. The number of allylic oxidation sites excluding steroid dienone is 1. The zero-order valence-corrected chi connectivity index (χ0v) is 19.4. The van der Waals surface area contributed by atoms with Gasteiger partial charge in [0.15, 0.2) is 23.0 Å². The highest BCUT2D eigenvalue weighted by atomic mass is 16.7. The van der Waals surface area contributed by atoms with Gasteiger partial charge in [-0.3, -0.25) is 9.69 Å². The Balaban J connectivity index is 1.72. The van der Waals surface area contributed by atoms with E-state index >= 15 is 0 Å². The van der Waals surface area contributed by atoms with Crippen LogP contribution in [0.2, 0.25) is 0 Å². The number of carbonyl (C=O) groups excluding carboxylic acids is 2. The average Bonchev–Trinajstić information content (AvgIpc) is 3.41. The summed E-state index contributed by atoms with van der Waals surface area (Å²) < 4.78 is 34.2. The van der Waals surface area contributed by atoms with Gasteiger partial charge in [0.1, 0.15) is 17.4 Å². The Bertz CT molecular complexity index is 1120. The van der Waals surface area contributed by atoms with Crippen molar-refractivity contribution in [2.24, 2.45) is 0 Å². The number of cyclic esters (lactones) is 1. The van der Waals surface area contributed by atoms with Crippen molar-refractivity contribution in [2.45, 2.75) is 38.3 Å². The average molecular weight is 457 g/mol. The van der Waals surface area contributed by atoms with Crippen LogP contribution < -0.4 is 14.2 Å². The van der Waals surface area contributed by atoms with Gasteiger partial charge in [-0.1, -0.05) is 0 Å². The number of esters is 1. The molecule has 33 heavy (non-hydrogen) atoms. The van der Waals surface area contributed by atoms with Crippen molar-refractivity contribution in [3.05, 3.63) is 39.4 Å². The van der Waals surface area contributed by atoms with Gasteiger partial charge < -0.3 is 28.4 Å². The molecule has 5 rings (SSSR count). The Morgan fingerprint density at radius 3 is 2.45 bits per heavy atom. The zero-order chi connectivity index (χ0) is 23.4. The third kappa shape index (κ3) is 3.02. The number of hydrogen-bond acceptors (Lipinski definition) is 9. The van der Waals surface area contributed by atoms with E-state index in [-0.39, 0.29) is 18.6 Å². The van der Waals surface area contributed by atoms with Crippen LogP contribution in [0.25, 0.3) is 0 Å². The summed E-state index contributed by atoms with van der Waals surface area (Å²) >= 11 is 0. The molecule has 0 bridgehead atoms. The molecule has 2 atom stereocenters. The van der Waals surface area contributed by atoms with E-state index in [4.69, 9.17) is 28.4 Å². The van der Waals surface area contributed by atoms with Crippen molar-refractivity contribution in [1.29, 1.82) is 0 Å². The van der Waals surface area contributed by atoms with Gasteiger partial charge in [0.05, 0.1) is 32.9 Å². The fraction of sp³-hybridized carbons (Fsp3) is 0.500. The molecule has 1 aromatic rings. The lowest BCUT2D eigenvalue weighted by atomic mass is 9.80. The fourth-order valence-corrected chi connectivity index (χ4v) is 5.53. The smallest absolute Gasteiger partial charge is 0.342 e. The van der Waals surface area contributed by atoms with Crippen LogP contribution in [0.5, 0.6) is 17.2 Å². The minimum atomic E-state index is -0.561.